The highest BCUT2D eigenvalue weighted by atomic mass is 35.5. The summed E-state index contributed by atoms with van der Waals surface area (Å²) in [7, 11) is 1.89. The molecule has 0 aliphatic carbocycles. The lowest BCUT2D eigenvalue weighted by Gasteiger charge is -2.27. The van der Waals surface area contributed by atoms with Gasteiger partial charge in [0, 0.05) is 26.4 Å². The number of aryl methyl sites for hydroxylation is 1. The third kappa shape index (κ3) is 3.56. The maximum atomic E-state index is 12.5. The summed E-state index contributed by atoms with van der Waals surface area (Å²) >= 11 is 6.06. The molecule has 2 heterocycles. The lowest BCUT2D eigenvalue weighted by atomic mass is 10.1. The lowest BCUT2D eigenvalue weighted by molar-refractivity contribution is -0.132. The van der Waals surface area contributed by atoms with Crippen LogP contribution >= 0.6 is 11.6 Å². The molecule has 128 valence electrons. The summed E-state index contributed by atoms with van der Waals surface area (Å²) in [6, 6.07) is 7.95. The molecule has 2 aromatic rings. The highest BCUT2D eigenvalue weighted by molar-refractivity contribution is 6.28. The van der Waals surface area contributed by atoms with E-state index in [0.29, 0.717) is 31.4 Å². The Labute approximate surface area is 147 Å². The van der Waals surface area contributed by atoms with Gasteiger partial charge in [-0.2, -0.15) is 0 Å². The summed E-state index contributed by atoms with van der Waals surface area (Å²) in [5, 5.41) is 0.490. The van der Waals surface area contributed by atoms with Crippen molar-refractivity contribution < 1.29 is 9.53 Å². The van der Waals surface area contributed by atoms with Crippen molar-refractivity contribution in [2.75, 3.05) is 13.2 Å². The summed E-state index contributed by atoms with van der Waals surface area (Å²) < 4.78 is 7.30. The Hall–Kier alpha value is -2.01. The van der Waals surface area contributed by atoms with Gasteiger partial charge in [-0.25, -0.2) is 4.98 Å². The smallest absolute Gasteiger partial charge is 0.223 e. The topological polar surface area (TPSA) is 47.4 Å². The number of nitrogens with zero attached hydrogens (tertiary/aromatic N) is 3. The molecule has 6 heteroatoms. The molecule has 0 saturated carbocycles. The Balaban J connectivity index is 1.57. The van der Waals surface area contributed by atoms with Crippen molar-refractivity contribution in [1.82, 2.24) is 14.5 Å². The zero-order chi connectivity index (χ0) is 17.1. The molecule has 0 saturated heterocycles. The summed E-state index contributed by atoms with van der Waals surface area (Å²) in [4.78, 5) is 18.7. The van der Waals surface area contributed by atoms with E-state index in [-0.39, 0.29) is 5.91 Å². The van der Waals surface area contributed by atoms with Gasteiger partial charge in [-0.05, 0) is 42.6 Å². The first kappa shape index (κ1) is 16.8. The fraction of sp³-hybridized carbons (Fsp3) is 0.444. The molecule has 1 aromatic carbocycles. The molecule has 5 nitrogen and oxygen atoms in total. The van der Waals surface area contributed by atoms with Crippen LogP contribution < -0.4 is 4.74 Å². The molecule has 0 bridgehead atoms. The van der Waals surface area contributed by atoms with E-state index in [1.165, 1.54) is 0 Å². The predicted molar refractivity (Wildman–Crippen MR) is 93.3 cm³/mol. The zero-order valence-corrected chi connectivity index (χ0v) is 14.8. The first-order chi connectivity index (χ1) is 11.6. The number of ether oxygens (including phenoxy) is 1. The van der Waals surface area contributed by atoms with Gasteiger partial charge in [0.25, 0.3) is 0 Å². The van der Waals surface area contributed by atoms with Crippen molar-refractivity contribution >= 4 is 17.5 Å². The molecule has 0 radical (unpaired) electrons. The molecular weight excluding hydrogens is 326 g/mol. The van der Waals surface area contributed by atoms with E-state index in [1.54, 1.807) is 0 Å². The van der Waals surface area contributed by atoms with Gasteiger partial charge in [0.2, 0.25) is 11.2 Å². The van der Waals surface area contributed by atoms with Gasteiger partial charge in [0.05, 0.1) is 24.5 Å². The number of carbonyl (C=O) groups is 1. The van der Waals surface area contributed by atoms with Crippen molar-refractivity contribution in [2.24, 2.45) is 7.05 Å². The van der Waals surface area contributed by atoms with Crippen LogP contribution in [0.1, 0.15) is 30.3 Å². The Morgan fingerprint density at radius 2 is 2.08 bits per heavy atom. The van der Waals surface area contributed by atoms with Gasteiger partial charge in [0.1, 0.15) is 5.75 Å². The Bertz CT molecular complexity index is 725. The van der Waals surface area contributed by atoms with Gasteiger partial charge < -0.3 is 14.2 Å². The van der Waals surface area contributed by atoms with Gasteiger partial charge in [-0.1, -0.05) is 12.1 Å². The number of rotatable bonds is 5. The van der Waals surface area contributed by atoms with Crippen molar-refractivity contribution in [2.45, 2.75) is 32.7 Å². The molecule has 1 amide bonds. The number of benzene rings is 1. The quantitative estimate of drug-likeness (QED) is 0.835. The fourth-order valence-electron chi connectivity index (χ4n) is 3.00. The first-order valence-corrected chi connectivity index (χ1v) is 8.65. The third-order valence-corrected chi connectivity index (χ3v) is 4.75. The summed E-state index contributed by atoms with van der Waals surface area (Å²) in [6.07, 6.45) is 2.01. The normalized spacial score (nSPS) is 13.7. The molecule has 1 aliphatic rings. The maximum Gasteiger partial charge on any atom is 0.223 e. The van der Waals surface area contributed by atoms with Crippen LogP contribution in [0.15, 0.2) is 24.3 Å². The molecule has 0 spiro atoms. The van der Waals surface area contributed by atoms with Crippen molar-refractivity contribution in [3.63, 3.8) is 0 Å². The number of carbonyl (C=O) groups excluding carboxylic acids is 1. The monoisotopic (exact) mass is 347 g/mol. The third-order valence-electron chi connectivity index (χ3n) is 4.42. The van der Waals surface area contributed by atoms with Gasteiger partial charge >= 0.3 is 0 Å². The standard InChI is InChI=1S/C18H22ClN3O2/c1-3-24-14-7-4-13(5-8-14)6-9-17(23)22-11-10-15-16(12-22)21(2)18(19)20-15/h4-5,7-8H,3,6,9-12H2,1-2H3. The molecule has 0 N–H and O–H groups in total. The number of halogens is 1. The van der Waals surface area contributed by atoms with Crippen LogP contribution in [0.5, 0.6) is 5.75 Å². The second-order valence-electron chi connectivity index (χ2n) is 5.98. The Kier molecular flexibility index (Phi) is 5.09. The molecule has 0 atom stereocenters. The van der Waals surface area contributed by atoms with E-state index < -0.39 is 0 Å². The van der Waals surface area contributed by atoms with Crippen LogP contribution in [0.3, 0.4) is 0 Å². The molecule has 0 fully saturated rings. The average Bonchev–Trinajstić information content (AvgIpc) is 2.88. The fourth-order valence-corrected chi connectivity index (χ4v) is 3.20. The molecule has 3 rings (SSSR count). The molecular formula is C18H22ClN3O2. The lowest BCUT2D eigenvalue weighted by Crippen LogP contribution is -2.36. The van der Waals surface area contributed by atoms with Crippen LogP contribution in [-0.4, -0.2) is 33.5 Å². The summed E-state index contributed by atoms with van der Waals surface area (Å²) in [5.41, 5.74) is 3.20. The number of aromatic nitrogens is 2. The SMILES string of the molecule is CCOc1ccc(CCC(=O)N2CCc3nc(Cl)n(C)c3C2)cc1. The van der Waals surface area contributed by atoms with Gasteiger partial charge in [0.15, 0.2) is 0 Å². The number of imidazole rings is 1. The number of hydrogen-bond acceptors (Lipinski definition) is 3. The van der Waals surface area contributed by atoms with E-state index in [9.17, 15) is 4.79 Å². The number of amides is 1. The van der Waals surface area contributed by atoms with Gasteiger partial charge in [-0.15, -0.1) is 0 Å². The van der Waals surface area contributed by atoms with Crippen molar-refractivity contribution in [3.05, 3.63) is 46.5 Å². The molecule has 0 unspecified atom stereocenters. The van der Waals surface area contributed by atoms with E-state index >= 15 is 0 Å². The highest BCUT2D eigenvalue weighted by Gasteiger charge is 2.24. The van der Waals surface area contributed by atoms with Crippen LogP contribution in [-0.2, 0) is 31.2 Å². The highest BCUT2D eigenvalue weighted by Crippen LogP contribution is 2.22. The van der Waals surface area contributed by atoms with E-state index in [1.807, 2.05) is 47.7 Å². The van der Waals surface area contributed by atoms with E-state index in [2.05, 4.69) is 4.98 Å². The van der Waals surface area contributed by atoms with Crippen molar-refractivity contribution in [3.8, 4) is 5.75 Å². The van der Waals surface area contributed by atoms with Crippen LogP contribution in [0, 0.1) is 0 Å². The maximum absolute atomic E-state index is 12.5. The first-order valence-electron chi connectivity index (χ1n) is 8.28. The predicted octanol–water partition coefficient (Wildman–Crippen LogP) is 2.99. The van der Waals surface area contributed by atoms with Crippen LogP contribution in [0.2, 0.25) is 5.28 Å². The zero-order valence-electron chi connectivity index (χ0n) is 14.1. The van der Waals surface area contributed by atoms with E-state index in [0.717, 1.165) is 35.5 Å². The average molecular weight is 348 g/mol. The Morgan fingerprint density at radius 3 is 2.79 bits per heavy atom. The number of hydrogen-bond donors (Lipinski definition) is 0. The summed E-state index contributed by atoms with van der Waals surface area (Å²) in [5.74, 6) is 1.04. The van der Waals surface area contributed by atoms with Crippen molar-refractivity contribution in [1.29, 1.82) is 0 Å². The minimum Gasteiger partial charge on any atom is -0.494 e. The van der Waals surface area contributed by atoms with E-state index in [4.69, 9.17) is 16.3 Å². The minimum absolute atomic E-state index is 0.173. The van der Waals surface area contributed by atoms with Crippen LogP contribution in [0.4, 0.5) is 0 Å². The molecule has 1 aliphatic heterocycles. The second kappa shape index (κ2) is 7.26. The molecule has 1 aromatic heterocycles. The summed E-state index contributed by atoms with van der Waals surface area (Å²) in [6.45, 7) is 3.93. The van der Waals surface area contributed by atoms with Crippen LogP contribution in [0.25, 0.3) is 0 Å². The van der Waals surface area contributed by atoms with Gasteiger partial charge in [-0.3, -0.25) is 4.79 Å². The second-order valence-corrected chi connectivity index (χ2v) is 6.31. The minimum atomic E-state index is 0.173. The Morgan fingerprint density at radius 1 is 1.33 bits per heavy atom. The number of fused-ring (bicyclic) bond motifs is 1. The molecule has 24 heavy (non-hydrogen) atoms. The largest absolute Gasteiger partial charge is 0.494 e.